The highest BCUT2D eigenvalue weighted by Gasteiger charge is 2.04. The Balaban J connectivity index is 2.54. The molecule has 0 aromatic heterocycles. The van der Waals surface area contributed by atoms with Crippen LogP contribution < -0.4 is 5.73 Å². The van der Waals surface area contributed by atoms with Crippen molar-refractivity contribution in [2.45, 2.75) is 38.8 Å². The molecule has 1 aromatic rings. The SMILES string of the molecule is CCCCC(N)c1ccc(COC)cc1. The second-order valence-corrected chi connectivity index (χ2v) is 3.92. The van der Waals surface area contributed by atoms with Gasteiger partial charge in [0.2, 0.25) is 0 Å². The minimum absolute atomic E-state index is 0.182. The normalized spacial score (nSPS) is 12.7. The van der Waals surface area contributed by atoms with Gasteiger partial charge in [-0.15, -0.1) is 0 Å². The van der Waals surface area contributed by atoms with Crippen molar-refractivity contribution >= 4 is 0 Å². The van der Waals surface area contributed by atoms with Crippen LogP contribution in [-0.2, 0) is 11.3 Å². The smallest absolute Gasteiger partial charge is 0.0713 e. The first-order valence-corrected chi connectivity index (χ1v) is 5.61. The molecule has 0 aliphatic carbocycles. The number of nitrogens with two attached hydrogens (primary N) is 1. The monoisotopic (exact) mass is 207 g/mol. The van der Waals surface area contributed by atoms with Gasteiger partial charge >= 0.3 is 0 Å². The van der Waals surface area contributed by atoms with Crippen molar-refractivity contribution in [1.82, 2.24) is 0 Å². The van der Waals surface area contributed by atoms with E-state index in [-0.39, 0.29) is 6.04 Å². The van der Waals surface area contributed by atoms with E-state index in [9.17, 15) is 0 Å². The van der Waals surface area contributed by atoms with Gasteiger partial charge in [-0.2, -0.15) is 0 Å². The summed E-state index contributed by atoms with van der Waals surface area (Å²) in [5.41, 5.74) is 8.50. The summed E-state index contributed by atoms with van der Waals surface area (Å²) in [4.78, 5) is 0. The van der Waals surface area contributed by atoms with Crippen molar-refractivity contribution < 1.29 is 4.74 Å². The fourth-order valence-corrected chi connectivity index (χ4v) is 1.62. The number of hydrogen-bond donors (Lipinski definition) is 1. The van der Waals surface area contributed by atoms with Crippen molar-refractivity contribution in [3.8, 4) is 0 Å². The minimum Gasteiger partial charge on any atom is -0.380 e. The molecule has 2 N–H and O–H groups in total. The van der Waals surface area contributed by atoms with E-state index in [2.05, 4.69) is 31.2 Å². The summed E-state index contributed by atoms with van der Waals surface area (Å²) < 4.78 is 5.06. The number of hydrogen-bond acceptors (Lipinski definition) is 2. The van der Waals surface area contributed by atoms with Crippen LogP contribution >= 0.6 is 0 Å². The Kier molecular flexibility index (Phi) is 5.37. The van der Waals surface area contributed by atoms with Crippen LogP contribution in [0.4, 0.5) is 0 Å². The summed E-state index contributed by atoms with van der Waals surface area (Å²) >= 11 is 0. The zero-order valence-electron chi connectivity index (χ0n) is 9.70. The van der Waals surface area contributed by atoms with Crippen LogP contribution in [-0.4, -0.2) is 7.11 Å². The van der Waals surface area contributed by atoms with Crippen LogP contribution in [0.15, 0.2) is 24.3 Å². The summed E-state index contributed by atoms with van der Waals surface area (Å²) in [5.74, 6) is 0. The average Bonchev–Trinajstić information content (AvgIpc) is 2.27. The molecule has 0 saturated heterocycles. The lowest BCUT2D eigenvalue weighted by atomic mass is 10.0. The lowest BCUT2D eigenvalue weighted by Gasteiger charge is -2.11. The zero-order valence-corrected chi connectivity index (χ0v) is 9.70. The first-order chi connectivity index (χ1) is 7.27. The second-order valence-electron chi connectivity index (χ2n) is 3.92. The molecule has 0 aliphatic rings. The topological polar surface area (TPSA) is 35.2 Å². The molecule has 0 saturated carbocycles. The molecule has 0 aliphatic heterocycles. The predicted octanol–water partition coefficient (Wildman–Crippen LogP) is 3.02. The number of ether oxygens (including phenoxy) is 1. The van der Waals surface area contributed by atoms with Crippen molar-refractivity contribution in [3.63, 3.8) is 0 Å². The van der Waals surface area contributed by atoms with E-state index >= 15 is 0 Å². The van der Waals surface area contributed by atoms with Gasteiger partial charge in [0.15, 0.2) is 0 Å². The highest BCUT2D eigenvalue weighted by molar-refractivity contribution is 5.24. The van der Waals surface area contributed by atoms with Crippen LogP contribution in [0.1, 0.15) is 43.4 Å². The molecule has 1 unspecified atom stereocenters. The molecule has 0 radical (unpaired) electrons. The molecule has 2 heteroatoms. The van der Waals surface area contributed by atoms with Crippen LogP contribution in [0, 0.1) is 0 Å². The number of benzene rings is 1. The van der Waals surface area contributed by atoms with Gasteiger partial charge in [0, 0.05) is 13.2 Å². The molecule has 1 aromatic carbocycles. The van der Waals surface area contributed by atoms with E-state index in [0.29, 0.717) is 6.61 Å². The fraction of sp³-hybridized carbons (Fsp3) is 0.538. The molecule has 0 fully saturated rings. The number of unbranched alkanes of at least 4 members (excludes halogenated alkanes) is 1. The molecule has 1 rings (SSSR count). The number of methoxy groups -OCH3 is 1. The van der Waals surface area contributed by atoms with Gasteiger partial charge in [-0.05, 0) is 17.5 Å². The van der Waals surface area contributed by atoms with Crippen LogP contribution in [0.2, 0.25) is 0 Å². The molecular weight excluding hydrogens is 186 g/mol. The van der Waals surface area contributed by atoms with Gasteiger partial charge in [0.05, 0.1) is 6.61 Å². The van der Waals surface area contributed by atoms with Crippen LogP contribution in [0.5, 0.6) is 0 Å². The van der Waals surface area contributed by atoms with Gasteiger partial charge < -0.3 is 10.5 Å². The van der Waals surface area contributed by atoms with E-state index in [1.54, 1.807) is 7.11 Å². The summed E-state index contributed by atoms with van der Waals surface area (Å²) in [5, 5.41) is 0. The summed E-state index contributed by atoms with van der Waals surface area (Å²) in [6.45, 7) is 2.86. The summed E-state index contributed by atoms with van der Waals surface area (Å²) in [6.07, 6.45) is 3.47. The maximum absolute atomic E-state index is 6.07. The van der Waals surface area contributed by atoms with E-state index in [4.69, 9.17) is 10.5 Å². The molecule has 0 heterocycles. The summed E-state index contributed by atoms with van der Waals surface area (Å²) in [6, 6.07) is 8.57. The Hall–Kier alpha value is -0.860. The quantitative estimate of drug-likeness (QED) is 0.778. The van der Waals surface area contributed by atoms with Gasteiger partial charge in [0.25, 0.3) is 0 Å². The highest BCUT2D eigenvalue weighted by atomic mass is 16.5. The van der Waals surface area contributed by atoms with Gasteiger partial charge in [-0.1, -0.05) is 44.0 Å². The second kappa shape index (κ2) is 6.59. The van der Waals surface area contributed by atoms with E-state index < -0.39 is 0 Å². The van der Waals surface area contributed by atoms with E-state index in [1.165, 1.54) is 24.0 Å². The lowest BCUT2D eigenvalue weighted by molar-refractivity contribution is 0.185. The average molecular weight is 207 g/mol. The van der Waals surface area contributed by atoms with Crippen LogP contribution in [0.25, 0.3) is 0 Å². The van der Waals surface area contributed by atoms with E-state index in [1.807, 2.05) is 0 Å². The first-order valence-electron chi connectivity index (χ1n) is 5.61. The Morgan fingerprint density at radius 1 is 1.27 bits per heavy atom. The molecule has 84 valence electrons. The molecular formula is C13H21NO. The molecule has 2 nitrogen and oxygen atoms in total. The third-order valence-electron chi connectivity index (χ3n) is 2.59. The van der Waals surface area contributed by atoms with E-state index in [0.717, 1.165) is 6.42 Å². The minimum atomic E-state index is 0.182. The Labute approximate surface area is 92.4 Å². The third-order valence-corrected chi connectivity index (χ3v) is 2.59. The fourth-order valence-electron chi connectivity index (χ4n) is 1.62. The van der Waals surface area contributed by atoms with Crippen LogP contribution in [0.3, 0.4) is 0 Å². The largest absolute Gasteiger partial charge is 0.380 e. The van der Waals surface area contributed by atoms with Crippen molar-refractivity contribution in [1.29, 1.82) is 0 Å². The third kappa shape index (κ3) is 4.02. The van der Waals surface area contributed by atoms with Gasteiger partial charge in [-0.3, -0.25) is 0 Å². The van der Waals surface area contributed by atoms with Crippen molar-refractivity contribution in [3.05, 3.63) is 35.4 Å². The van der Waals surface area contributed by atoms with Gasteiger partial charge in [0.1, 0.15) is 0 Å². The van der Waals surface area contributed by atoms with Gasteiger partial charge in [-0.25, -0.2) is 0 Å². The maximum Gasteiger partial charge on any atom is 0.0713 e. The molecule has 15 heavy (non-hydrogen) atoms. The maximum atomic E-state index is 6.07. The molecule has 0 bridgehead atoms. The number of rotatable bonds is 6. The Morgan fingerprint density at radius 2 is 1.93 bits per heavy atom. The molecule has 0 amide bonds. The Bertz CT molecular complexity index is 268. The first kappa shape index (κ1) is 12.2. The standard InChI is InChI=1S/C13H21NO/c1-3-4-5-13(14)12-8-6-11(7-9-12)10-15-2/h6-9,13H,3-5,10,14H2,1-2H3. The molecule has 1 atom stereocenters. The van der Waals surface area contributed by atoms with Crippen molar-refractivity contribution in [2.75, 3.05) is 7.11 Å². The lowest BCUT2D eigenvalue weighted by Crippen LogP contribution is -2.09. The Morgan fingerprint density at radius 3 is 2.47 bits per heavy atom. The highest BCUT2D eigenvalue weighted by Crippen LogP contribution is 2.17. The van der Waals surface area contributed by atoms with Crippen molar-refractivity contribution in [2.24, 2.45) is 5.73 Å². The zero-order chi connectivity index (χ0) is 11.1. The molecule has 0 spiro atoms. The predicted molar refractivity (Wildman–Crippen MR) is 63.6 cm³/mol. The summed E-state index contributed by atoms with van der Waals surface area (Å²) in [7, 11) is 1.71.